The third kappa shape index (κ3) is 2.33. The third-order valence-corrected chi connectivity index (χ3v) is 2.67. The lowest BCUT2D eigenvalue weighted by Gasteiger charge is -2.27. The Kier molecular flexibility index (Phi) is 2.83. The Morgan fingerprint density at radius 2 is 2.25 bits per heavy atom. The SMILES string of the molecule is CC(C)(CCN)Nc1ccc2nc[nH]c2c1. The monoisotopic (exact) mass is 218 g/mol. The topological polar surface area (TPSA) is 66.7 Å². The van der Waals surface area contributed by atoms with Gasteiger partial charge in [-0.15, -0.1) is 0 Å². The first-order chi connectivity index (χ1) is 7.61. The van der Waals surface area contributed by atoms with Gasteiger partial charge in [0.1, 0.15) is 0 Å². The van der Waals surface area contributed by atoms with Crippen molar-refractivity contribution in [3.8, 4) is 0 Å². The molecule has 4 heteroatoms. The Balaban J connectivity index is 2.20. The van der Waals surface area contributed by atoms with Crippen molar-refractivity contribution in [3.63, 3.8) is 0 Å². The van der Waals surface area contributed by atoms with E-state index in [0.717, 1.165) is 23.1 Å². The zero-order valence-corrected chi connectivity index (χ0v) is 9.75. The van der Waals surface area contributed by atoms with Gasteiger partial charge in [-0.3, -0.25) is 0 Å². The minimum Gasteiger partial charge on any atom is -0.380 e. The normalized spacial score (nSPS) is 11.9. The van der Waals surface area contributed by atoms with Crippen LogP contribution < -0.4 is 11.1 Å². The van der Waals surface area contributed by atoms with Crippen LogP contribution in [0, 0.1) is 0 Å². The molecule has 1 aromatic carbocycles. The number of fused-ring (bicyclic) bond motifs is 1. The molecule has 0 aliphatic heterocycles. The number of imidazole rings is 1. The zero-order valence-electron chi connectivity index (χ0n) is 9.75. The van der Waals surface area contributed by atoms with Crippen LogP contribution >= 0.6 is 0 Å². The van der Waals surface area contributed by atoms with Crippen LogP contribution in [0.4, 0.5) is 5.69 Å². The summed E-state index contributed by atoms with van der Waals surface area (Å²) in [6, 6.07) is 6.12. The van der Waals surface area contributed by atoms with Crippen LogP contribution in [-0.2, 0) is 0 Å². The summed E-state index contributed by atoms with van der Waals surface area (Å²) in [7, 11) is 0. The van der Waals surface area contributed by atoms with Crippen molar-refractivity contribution < 1.29 is 0 Å². The van der Waals surface area contributed by atoms with Gasteiger partial charge in [0, 0.05) is 11.2 Å². The first-order valence-electron chi connectivity index (χ1n) is 5.52. The molecular weight excluding hydrogens is 200 g/mol. The maximum absolute atomic E-state index is 5.59. The van der Waals surface area contributed by atoms with Crippen molar-refractivity contribution in [1.29, 1.82) is 0 Å². The third-order valence-electron chi connectivity index (χ3n) is 2.67. The fourth-order valence-electron chi connectivity index (χ4n) is 1.83. The molecule has 16 heavy (non-hydrogen) atoms. The molecular formula is C12H18N4. The lowest BCUT2D eigenvalue weighted by Crippen LogP contribution is -2.33. The van der Waals surface area contributed by atoms with E-state index in [4.69, 9.17) is 5.73 Å². The largest absolute Gasteiger partial charge is 0.380 e. The molecule has 0 radical (unpaired) electrons. The maximum Gasteiger partial charge on any atom is 0.0931 e. The summed E-state index contributed by atoms with van der Waals surface area (Å²) in [5.74, 6) is 0. The quantitative estimate of drug-likeness (QED) is 0.736. The van der Waals surface area contributed by atoms with Crippen LogP contribution in [0.15, 0.2) is 24.5 Å². The Morgan fingerprint density at radius 3 is 3.00 bits per heavy atom. The van der Waals surface area contributed by atoms with Gasteiger partial charge in [0.15, 0.2) is 0 Å². The molecule has 0 aliphatic carbocycles. The number of aromatic amines is 1. The van der Waals surface area contributed by atoms with Crippen molar-refractivity contribution in [3.05, 3.63) is 24.5 Å². The highest BCUT2D eigenvalue weighted by molar-refractivity contribution is 5.78. The summed E-state index contributed by atoms with van der Waals surface area (Å²) in [5.41, 5.74) is 8.73. The number of anilines is 1. The van der Waals surface area contributed by atoms with Crippen LogP contribution in [0.5, 0.6) is 0 Å². The van der Waals surface area contributed by atoms with Crippen molar-refractivity contribution in [1.82, 2.24) is 9.97 Å². The number of nitrogens with one attached hydrogen (secondary N) is 2. The summed E-state index contributed by atoms with van der Waals surface area (Å²) in [6.07, 6.45) is 2.65. The van der Waals surface area contributed by atoms with E-state index in [1.165, 1.54) is 0 Å². The molecule has 2 aromatic rings. The molecule has 1 heterocycles. The first kappa shape index (κ1) is 11.0. The zero-order chi connectivity index (χ0) is 11.6. The molecule has 2 rings (SSSR count). The van der Waals surface area contributed by atoms with Crippen molar-refractivity contribution >= 4 is 16.7 Å². The fourth-order valence-corrected chi connectivity index (χ4v) is 1.83. The molecule has 0 amide bonds. The van der Waals surface area contributed by atoms with E-state index in [0.29, 0.717) is 6.54 Å². The average Bonchev–Trinajstić information content (AvgIpc) is 2.63. The van der Waals surface area contributed by atoms with Crippen LogP contribution in [0.3, 0.4) is 0 Å². The second-order valence-electron chi connectivity index (χ2n) is 4.68. The number of H-pyrrole nitrogens is 1. The number of benzene rings is 1. The van der Waals surface area contributed by atoms with Gasteiger partial charge in [-0.1, -0.05) is 0 Å². The van der Waals surface area contributed by atoms with Crippen molar-refractivity contribution in [2.24, 2.45) is 5.73 Å². The van der Waals surface area contributed by atoms with Crippen LogP contribution in [-0.4, -0.2) is 22.1 Å². The number of hydrogen-bond acceptors (Lipinski definition) is 3. The number of nitrogens with two attached hydrogens (primary N) is 1. The van der Waals surface area contributed by atoms with Gasteiger partial charge < -0.3 is 16.0 Å². The van der Waals surface area contributed by atoms with Gasteiger partial charge in [0.2, 0.25) is 0 Å². The minimum atomic E-state index is 0.0163. The van der Waals surface area contributed by atoms with Gasteiger partial charge in [-0.05, 0) is 45.0 Å². The van der Waals surface area contributed by atoms with E-state index in [1.54, 1.807) is 6.33 Å². The van der Waals surface area contributed by atoms with Gasteiger partial charge in [-0.2, -0.15) is 0 Å². The van der Waals surface area contributed by atoms with Gasteiger partial charge in [-0.25, -0.2) is 4.98 Å². The molecule has 0 bridgehead atoms. The highest BCUT2D eigenvalue weighted by atomic mass is 15.0. The van der Waals surface area contributed by atoms with E-state index in [-0.39, 0.29) is 5.54 Å². The molecule has 1 aromatic heterocycles. The number of aromatic nitrogens is 2. The predicted molar refractivity (Wildman–Crippen MR) is 67.5 cm³/mol. The Morgan fingerprint density at radius 1 is 1.44 bits per heavy atom. The van der Waals surface area contributed by atoms with E-state index in [2.05, 4.69) is 35.2 Å². The number of rotatable bonds is 4. The second-order valence-corrected chi connectivity index (χ2v) is 4.68. The summed E-state index contributed by atoms with van der Waals surface area (Å²) < 4.78 is 0. The lowest BCUT2D eigenvalue weighted by atomic mass is 10.0. The lowest BCUT2D eigenvalue weighted by molar-refractivity contribution is 0.527. The molecule has 0 aliphatic rings. The van der Waals surface area contributed by atoms with E-state index < -0.39 is 0 Å². The molecule has 0 saturated heterocycles. The molecule has 86 valence electrons. The predicted octanol–water partition coefficient (Wildman–Crippen LogP) is 2.10. The van der Waals surface area contributed by atoms with Crippen molar-refractivity contribution in [2.75, 3.05) is 11.9 Å². The highest BCUT2D eigenvalue weighted by Gasteiger charge is 2.16. The summed E-state index contributed by atoms with van der Waals surface area (Å²) in [5, 5.41) is 3.47. The van der Waals surface area contributed by atoms with Crippen LogP contribution in [0.25, 0.3) is 11.0 Å². The molecule has 4 nitrogen and oxygen atoms in total. The molecule has 0 unspecified atom stereocenters. The number of nitrogens with zero attached hydrogens (tertiary/aromatic N) is 1. The molecule has 0 saturated carbocycles. The van der Waals surface area contributed by atoms with E-state index in [9.17, 15) is 0 Å². The van der Waals surface area contributed by atoms with E-state index in [1.807, 2.05) is 12.1 Å². The highest BCUT2D eigenvalue weighted by Crippen LogP contribution is 2.20. The second kappa shape index (κ2) is 4.14. The van der Waals surface area contributed by atoms with Gasteiger partial charge >= 0.3 is 0 Å². The number of hydrogen-bond donors (Lipinski definition) is 3. The summed E-state index contributed by atoms with van der Waals surface area (Å²) in [4.78, 5) is 7.29. The smallest absolute Gasteiger partial charge is 0.0931 e. The summed E-state index contributed by atoms with van der Waals surface area (Å²) >= 11 is 0. The van der Waals surface area contributed by atoms with Gasteiger partial charge in [0.25, 0.3) is 0 Å². The van der Waals surface area contributed by atoms with Gasteiger partial charge in [0.05, 0.1) is 17.4 Å². The minimum absolute atomic E-state index is 0.0163. The average molecular weight is 218 g/mol. The molecule has 0 fully saturated rings. The Labute approximate surface area is 95.3 Å². The standard InChI is InChI=1S/C12H18N4/c1-12(2,5-6-13)16-9-3-4-10-11(7-9)15-8-14-10/h3-4,7-8,16H,5-6,13H2,1-2H3,(H,14,15). The molecule has 4 N–H and O–H groups in total. The fraction of sp³-hybridized carbons (Fsp3) is 0.417. The maximum atomic E-state index is 5.59. The molecule has 0 spiro atoms. The molecule has 0 atom stereocenters. The van der Waals surface area contributed by atoms with Crippen molar-refractivity contribution in [2.45, 2.75) is 25.8 Å². The van der Waals surface area contributed by atoms with E-state index >= 15 is 0 Å². The van der Waals surface area contributed by atoms with Crippen LogP contribution in [0.1, 0.15) is 20.3 Å². The Bertz CT molecular complexity index is 473. The Hall–Kier alpha value is -1.55. The van der Waals surface area contributed by atoms with Crippen LogP contribution in [0.2, 0.25) is 0 Å². The first-order valence-corrected chi connectivity index (χ1v) is 5.52. The summed E-state index contributed by atoms with van der Waals surface area (Å²) in [6.45, 7) is 4.99.